The van der Waals surface area contributed by atoms with Gasteiger partial charge in [-0.25, -0.2) is 0 Å². The summed E-state index contributed by atoms with van der Waals surface area (Å²) in [5, 5.41) is 19.4. The third-order valence-corrected chi connectivity index (χ3v) is 4.44. The van der Waals surface area contributed by atoms with Crippen molar-refractivity contribution < 1.29 is 4.52 Å². The van der Waals surface area contributed by atoms with Gasteiger partial charge in [0.25, 0.3) is 0 Å². The van der Waals surface area contributed by atoms with Gasteiger partial charge in [-0.05, 0) is 24.3 Å². The van der Waals surface area contributed by atoms with Gasteiger partial charge in [-0.15, -0.1) is 34.2 Å². The van der Waals surface area contributed by atoms with E-state index < -0.39 is 0 Å². The first-order valence-electron chi connectivity index (χ1n) is 9.04. The molecule has 3 heterocycles. The number of hydrogen-bond acceptors (Lipinski definition) is 6. The Hall–Kier alpha value is -2.73. The molecule has 4 aromatic rings. The summed E-state index contributed by atoms with van der Waals surface area (Å²) < 4.78 is 7.24. The molecule has 156 valence electrons. The molecule has 30 heavy (non-hydrogen) atoms. The molecule has 1 aromatic carbocycles. The molecule has 0 amide bonds. The van der Waals surface area contributed by atoms with Gasteiger partial charge < -0.3 is 15.2 Å². The molecule has 0 bridgehead atoms. The molecule has 0 fully saturated rings. The Kier molecular flexibility index (Phi) is 7.57. The van der Waals surface area contributed by atoms with E-state index in [0.717, 1.165) is 17.0 Å². The molecule has 2 N–H and O–H groups in total. The summed E-state index contributed by atoms with van der Waals surface area (Å²) in [5.74, 6) is 2.49. The standard InChI is InChI=1S/C19H19ClN8O.HI/c1-21-19(23-12-16-26-25-15-7-2-3-10-28(15)16)22-9-8-17-24-18(27-29-17)13-5-4-6-14(20)11-13;/h2-7,10-11H,8-9,12H2,1H3,(H2,21,22,23);1H. The lowest BCUT2D eigenvalue weighted by molar-refractivity contribution is 0.378. The maximum Gasteiger partial charge on any atom is 0.228 e. The first-order valence-corrected chi connectivity index (χ1v) is 9.42. The predicted octanol–water partition coefficient (Wildman–Crippen LogP) is 2.96. The summed E-state index contributed by atoms with van der Waals surface area (Å²) >= 11 is 6.01. The van der Waals surface area contributed by atoms with Gasteiger partial charge in [0.1, 0.15) is 0 Å². The Bertz CT molecular complexity index is 1140. The largest absolute Gasteiger partial charge is 0.356 e. The molecular weight excluding hydrogens is 519 g/mol. The SMILES string of the molecule is CN=C(NCCc1nc(-c2cccc(Cl)c2)no1)NCc1nnc2ccccn12.I. The minimum atomic E-state index is 0. The molecule has 0 aliphatic rings. The highest BCUT2D eigenvalue weighted by atomic mass is 127. The minimum Gasteiger partial charge on any atom is -0.356 e. The zero-order valence-electron chi connectivity index (χ0n) is 16.1. The second-order valence-corrected chi connectivity index (χ2v) is 6.61. The van der Waals surface area contributed by atoms with Gasteiger partial charge in [0.15, 0.2) is 17.4 Å². The number of rotatable bonds is 6. The van der Waals surface area contributed by atoms with Gasteiger partial charge in [-0.1, -0.05) is 35.0 Å². The molecule has 0 atom stereocenters. The Morgan fingerprint density at radius 3 is 2.90 bits per heavy atom. The number of halogens is 2. The molecule has 9 nitrogen and oxygen atoms in total. The van der Waals surface area contributed by atoms with Crippen LogP contribution >= 0.6 is 35.6 Å². The van der Waals surface area contributed by atoms with Crippen LogP contribution in [0.4, 0.5) is 0 Å². The number of aromatic nitrogens is 5. The van der Waals surface area contributed by atoms with Crippen molar-refractivity contribution in [1.82, 2.24) is 35.4 Å². The maximum atomic E-state index is 6.01. The van der Waals surface area contributed by atoms with Crippen LogP contribution in [0.5, 0.6) is 0 Å². The van der Waals surface area contributed by atoms with Crippen molar-refractivity contribution >= 4 is 47.2 Å². The van der Waals surface area contributed by atoms with Crippen molar-refractivity contribution in [3.63, 3.8) is 0 Å². The van der Waals surface area contributed by atoms with Crippen molar-refractivity contribution in [1.29, 1.82) is 0 Å². The average Bonchev–Trinajstić information content (AvgIpc) is 3.38. The van der Waals surface area contributed by atoms with Gasteiger partial charge in [0, 0.05) is 36.8 Å². The summed E-state index contributed by atoms with van der Waals surface area (Å²) in [6, 6.07) is 13.1. The number of aliphatic imine (C=N–C) groups is 1. The van der Waals surface area contributed by atoms with Crippen LogP contribution < -0.4 is 10.6 Å². The number of guanidine groups is 1. The highest BCUT2D eigenvalue weighted by molar-refractivity contribution is 14.0. The van der Waals surface area contributed by atoms with E-state index in [4.69, 9.17) is 16.1 Å². The zero-order valence-corrected chi connectivity index (χ0v) is 19.2. The second kappa shape index (κ2) is 10.3. The fourth-order valence-corrected chi connectivity index (χ4v) is 2.97. The lowest BCUT2D eigenvalue weighted by atomic mass is 10.2. The summed E-state index contributed by atoms with van der Waals surface area (Å²) in [6.07, 6.45) is 2.48. The van der Waals surface area contributed by atoms with Crippen molar-refractivity contribution in [3.8, 4) is 11.4 Å². The van der Waals surface area contributed by atoms with Crippen molar-refractivity contribution in [3.05, 3.63) is 65.4 Å². The van der Waals surface area contributed by atoms with E-state index in [0.29, 0.717) is 42.2 Å². The van der Waals surface area contributed by atoms with Crippen LogP contribution in [0, 0.1) is 0 Å². The number of hydrogen-bond donors (Lipinski definition) is 2. The van der Waals surface area contributed by atoms with Crippen LogP contribution in [0.1, 0.15) is 11.7 Å². The number of benzene rings is 1. The Labute approximate surface area is 195 Å². The van der Waals surface area contributed by atoms with E-state index in [-0.39, 0.29) is 24.0 Å². The van der Waals surface area contributed by atoms with Crippen LogP contribution in [-0.2, 0) is 13.0 Å². The molecule has 4 rings (SSSR count). The fourth-order valence-electron chi connectivity index (χ4n) is 2.78. The van der Waals surface area contributed by atoms with Gasteiger partial charge in [-0.2, -0.15) is 4.98 Å². The topological polar surface area (TPSA) is 106 Å². The normalized spacial score (nSPS) is 11.3. The van der Waals surface area contributed by atoms with Crippen molar-refractivity contribution in [2.24, 2.45) is 4.99 Å². The molecule has 0 saturated heterocycles. The van der Waals surface area contributed by atoms with Crippen LogP contribution in [0.25, 0.3) is 17.0 Å². The number of pyridine rings is 1. The first-order chi connectivity index (χ1) is 14.2. The first kappa shape index (κ1) is 22.0. The number of fused-ring (bicyclic) bond motifs is 1. The van der Waals surface area contributed by atoms with Crippen LogP contribution in [-0.4, -0.2) is 44.3 Å². The molecule has 0 unspecified atom stereocenters. The van der Waals surface area contributed by atoms with E-state index >= 15 is 0 Å². The summed E-state index contributed by atoms with van der Waals surface area (Å²) in [6.45, 7) is 1.07. The Balaban J connectivity index is 0.00000256. The van der Waals surface area contributed by atoms with Crippen LogP contribution in [0.3, 0.4) is 0 Å². The lowest BCUT2D eigenvalue weighted by Gasteiger charge is -2.10. The highest BCUT2D eigenvalue weighted by Crippen LogP contribution is 2.19. The molecule has 0 saturated carbocycles. The number of nitrogens with one attached hydrogen (secondary N) is 2. The summed E-state index contributed by atoms with van der Waals surface area (Å²) in [7, 11) is 1.71. The molecule has 0 radical (unpaired) electrons. The van der Waals surface area contributed by atoms with Gasteiger partial charge in [0.05, 0.1) is 6.54 Å². The summed E-state index contributed by atoms with van der Waals surface area (Å²) in [5.41, 5.74) is 1.62. The van der Waals surface area contributed by atoms with E-state index in [1.165, 1.54) is 0 Å². The minimum absolute atomic E-state index is 0. The van der Waals surface area contributed by atoms with Crippen molar-refractivity contribution in [2.75, 3.05) is 13.6 Å². The quantitative estimate of drug-likeness (QED) is 0.221. The molecule has 0 aliphatic heterocycles. The van der Waals surface area contributed by atoms with Gasteiger partial charge in [-0.3, -0.25) is 9.39 Å². The molecule has 11 heteroatoms. The average molecular weight is 539 g/mol. The van der Waals surface area contributed by atoms with Crippen LogP contribution in [0.15, 0.2) is 58.2 Å². The molecular formula is C19H20ClIN8O. The number of nitrogens with zero attached hydrogens (tertiary/aromatic N) is 6. The third-order valence-electron chi connectivity index (χ3n) is 4.20. The van der Waals surface area contributed by atoms with Gasteiger partial charge >= 0.3 is 0 Å². The monoisotopic (exact) mass is 538 g/mol. The molecule has 0 spiro atoms. The van der Waals surface area contributed by atoms with Gasteiger partial charge in [0.2, 0.25) is 11.7 Å². The van der Waals surface area contributed by atoms with E-state index in [1.807, 2.05) is 40.9 Å². The van der Waals surface area contributed by atoms with E-state index in [2.05, 4.69) is 36.0 Å². The second-order valence-electron chi connectivity index (χ2n) is 6.17. The summed E-state index contributed by atoms with van der Waals surface area (Å²) in [4.78, 5) is 8.62. The van der Waals surface area contributed by atoms with Crippen LogP contribution in [0.2, 0.25) is 5.02 Å². The molecule has 3 aromatic heterocycles. The fraction of sp³-hybridized carbons (Fsp3) is 0.211. The van der Waals surface area contributed by atoms with Crippen molar-refractivity contribution in [2.45, 2.75) is 13.0 Å². The smallest absolute Gasteiger partial charge is 0.228 e. The lowest BCUT2D eigenvalue weighted by Crippen LogP contribution is -2.38. The Morgan fingerprint density at radius 2 is 2.07 bits per heavy atom. The van der Waals surface area contributed by atoms with E-state index in [9.17, 15) is 0 Å². The predicted molar refractivity (Wildman–Crippen MR) is 125 cm³/mol. The Morgan fingerprint density at radius 1 is 1.17 bits per heavy atom. The highest BCUT2D eigenvalue weighted by Gasteiger charge is 2.10. The van der Waals surface area contributed by atoms with E-state index in [1.54, 1.807) is 19.2 Å². The molecule has 0 aliphatic carbocycles. The maximum absolute atomic E-state index is 6.01. The zero-order chi connectivity index (χ0) is 20.1. The third kappa shape index (κ3) is 5.25.